The van der Waals surface area contributed by atoms with Crippen molar-refractivity contribution in [1.29, 1.82) is 0 Å². The van der Waals surface area contributed by atoms with E-state index in [-0.39, 0.29) is 11.4 Å². The maximum atomic E-state index is 13.0. The lowest BCUT2D eigenvalue weighted by Crippen LogP contribution is -2.29. The first kappa shape index (κ1) is 20.8. The molecule has 158 valence electrons. The Balaban J connectivity index is 1.56. The van der Waals surface area contributed by atoms with Gasteiger partial charge in [-0.05, 0) is 58.6 Å². The van der Waals surface area contributed by atoms with Gasteiger partial charge in [-0.3, -0.25) is 9.36 Å². The van der Waals surface area contributed by atoms with Crippen LogP contribution in [0, 0.1) is 5.92 Å². The molecular formula is C20H20BrN3O5S. The standard InChI is InChI=1S/C20H20BrN3O5S/c1-13-8-9-23(11-13)30(27,28)18-10-14(6-7-15(18)21)22-19(25)12-24-16-4-2-3-5-17(16)29-20(24)26/h2-7,10,13H,8-9,11-12H2,1H3,(H,22,25)/t13-/m0/s1. The number of anilines is 1. The van der Waals surface area contributed by atoms with Crippen molar-refractivity contribution in [2.24, 2.45) is 5.92 Å². The monoisotopic (exact) mass is 493 g/mol. The molecule has 4 rings (SSSR count). The van der Waals surface area contributed by atoms with Gasteiger partial charge in [-0.25, -0.2) is 13.2 Å². The number of benzene rings is 2. The van der Waals surface area contributed by atoms with Crippen molar-refractivity contribution >= 4 is 48.6 Å². The van der Waals surface area contributed by atoms with Crippen molar-refractivity contribution in [3.05, 3.63) is 57.5 Å². The Morgan fingerprint density at radius 2 is 2.03 bits per heavy atom. The molecule has 1 aliphatic rings. The molecule has 1 aliphatic heterocycles. The molecule has 1 atom stereocenters. The van der Waals surface area contributed by atoms with Crippen molar-refractivity contribution in [1.82, 2.24) is 8.87 Å². The van der Waals surface area contributed by atoms with Crippen LogP contribution in [-0.2, 0) is 21.4 Å². The van der Waals surface area contributed by atoms with Gasteiger partial charge >= 0.3 is 5.76 Å². The van der Waals surface area contributed by atoms with Gasteiger partial charge in [-0.2, -0.15) is 4.31 Å². The van der Waals surface area contributed by atoms with E-state index in [0.29, 0.717) is 40.3 Å². The number of nitrogens with one attached hydrogen (secondary N) is 1. The highest BCUT2D eigenvalue weighted by atomic mass is 79.9. The van der Waals surface area contributed by atoms with E-state index < -0.39 is 21.7 Å². The third kappa shape index (κ3) is 3.94. The van der Waals surface area contributed by atoms with Gasteiger partial charge < -0.3 is 9.73 Å². The number of oxazole rings is 1. The first-order chi connectivity index (χ1) is 14.3. The number of sulfonamides is 1. The molecule has 3 aromatic rings. The van der Waals surface area contributed by atoms with Gasteiger partial charge in [0.15, 0.2) is 5.58 Å². The van der Waals surface area contributed by atoms with Crippen molar-refractivity contribution < 1.29 is 17.6 Å². The van der Waals surface area contributed by atoms with Crippen LogP contribution in [0.1, 0.15) is 13.3 Å². The molecular weight excluding hydrogens is 474 g/mol. The molecule has 2 aromatic carbocycles. The molecule has 8 nitrogen and oxygen atoms in total. The van der Waals surface area contributed by atoms with Gasteiger partial charge in [0.05, 0.1) is 10.4 Å². The molecule has 0 aliphatic carbocycles. The van der Waals surface area contributed by atoms with Crippen molar-refractivity contribution in [2.75, 3.05) is 18.4 Å². The van der Waals surface area contributed by atoms with Gasteiger partial charge in [0.25, 0.3) is 0 Å². The first-order valence-corrected chi connectivity index (χ1v) is 11.7. The second-order valence-corrected chi connectivity index (χ2v) is 10.1. The smallest absolute Gasteiger partial charge is 0.408 e. The molecule has 1 aromatic heterocycles. The number of carbonyl (C=O) groups is 1. The van der Waals surface area contributed by atoms with E-state index in [1.54, 1.807) is 36.4 Å². The van der Waals surface area contributed by atoms with Crippen LogP contribution in [-0.4, -0.2) is 36.3 Å². The summed E-state index contributed by atoms with van der Waals surface area (Å²) in [6.45, 7) is 2.71. The van der Waals surface area contributed by atoms with Crippen LogP contribution in [0.2, 0.25) is 0 Å². The first-order valence-electron chi connectivity index (χ1n) is 9.43. The summed E-state index contributed by atoms with van der Waals surface area (Å²) < 4.78 is 34.3. The minimum absolute atomic E-state index is 0.0975. The topological polar surface area (TPSA) is 102 Å². The summed E-state index contributed by atoms with van der Waals surface area (Å²) in [6.07, 6.45) is 0.820. The fraction of sp³-hybridized carbons (Fsp3) is 0.300. The van der Waals surface area contributed by atoms with Crippen molar-refractivity contribution in [3.8, 4) is 0 Å². The van der Waals surface area contributed by atoms with E-state index in [9.17, 15) is 18.0 Å². The third-order valence-corrected chi connectivity index (χ3v) is 7.95. The Morgan fingerprint density at radius 3 is 2.77 bits per heavy atom. The van der Waals surface area contributed by atoms with E-state index in [0.717, 1.165) is 6.42 Å². The summed E-state index contributed by atoms with van der Waals surface area (Å²) in [4.78, 5) is 24.7. The van der Waals surface area contributed by atoms with E-state index in [1.165, 1.54) is 14.9 Å². The fourth-order valence-corrected chi connectivity index (χ4v) is 6.06. The molecule has 0 unspecified atom stereocenters. The molecule has 10 heteroatoms. The van der Waals surface area contributed by atoms with Gasteiger partial charge in [0, 0.05) is 23.2 Å². The largest absolute Gasteiger partial charge is 0.420 e. The zero-order chi connectivity index (χ0) is 21.5. The number of halogens is 1. The predicted molar refractivity (Wildman–Crippen MR) is 116 cm³/mol. The molecule has 30 heavy (non-hydrogen) atoms. The average molecular weight is 494 g/mol. The lowest BCUT2D eigenvalue weighted by Gasteiger charge is -2.18. The van der Waals surface area contributed by atoms with Crippen molar-refractivity contribution in [3.63, 3.8) is 0 Å². The van der Waals surface area contributed by atoms with Gasteiger partial charge in [-0.15, -0.1) is 0 Å². The van der Waals surface area contributed by atoms with Crippen LogP contribution in [0.15, 0.2) is 61.0 Å². The van der Waals surface area contributed by atoms with Crippen LogP contribution in [0.4, 0.5) is 5.69 Å². The van der Waals surface area contributed by atoms with E-state index in [2.05, 4.69) is 21.2 Å². The molecule has 1 saturated heterocycles. The molecule has 2 heterocycles. The second-order valence-electron chi connectivity index (χ2n) is 7.37. The Kier molecular flexibility index (Phi) is 5.56. The van der Waals surface area contributed by atoms with Crippen molar-refractivity contribution in [2.45, 2.75) is 24.8 Å². The average Bonchev–Trinajstić information content (AvgIpc) is 3.27. The summed E-state index contributed by atoms with van der Waals surface area (Å²) in [7, 11) is -3.68. The highest BCUT2D eigenvalue weighted by Gasteiger charge is 2.32. The van der Waals surface area contributed by atoms with Crippen LogP contribution in [0.5, 0.6) is 0 Å². The van der Waals surface area contributed by atoms with E-state index >= 15 is 0 Å². The number of amides is 1. The van der Waals surface area contributed by atoms with Gasteiger partial charge in [0.1, 0.15) is 6.54 Å². The third-order valence-electron chi connectivity index (χ3n) is 5.09. The van der Waals surface area contributed by atoms with Crippen LogP contribution in [0.3, 0.4) is 0 Å². The zero-order valence-electron chi connectivity index (χ0n) is 16.2. The molecule has 0 radical (unpaired) electrons. The second kappa shape index (κ2) is 8.01. The lowest BCUT2D eigenvalue weighted by atomic mass is 10.2. The predicted octanol–water partition coefficient (Wildman–Crippen LogP) is 3.03. The fourth-order valence-electron chi connectivity index (χ4n) is 3.54. The number of hydrogen-bond acceptors (Lipinski definition) is 5. The zero-order valence-corrected chi connectivity index (χ0v) is 18.6. The highest BCUT2D eigenvalue weighted by Crippen LogP contribution is 2.31. The number of aromatic nitrogens is 1. The molecule has 0 spiro atoms. The summed E-state index contributed by atoms with van der Waals surface area (Å²) in [5.74, 6) is -0.790. The number of fused-ring (bicyclic) bond motifs is 1. The Bertz CT molecular complexity index is 1280. The summed E-state index contributed by atoms with van der Waals surface area (Å²) in [5.41, 5.74) is 1.24. The Morgan fingerprint density at radius 1 is 1.27 bits per heavy atom. The lowest BCUT2D eigenvalue weighted by molar-refractivity contribution is -0.116. The number of para-hydroxylation sites is 2. The normalized spacial score (nSPS) is 17.5. The molecule has 1 amide bonds. The minimum atomic E-state index is -3.68. The van der Waals surface area contributed by atoms with E-state index in [1.807, 2.05) is 6.92 Å². The van der Waals surface area contributed by atoms with Gasteiger partial charge in [-0.1, -0.05) is 19.1 Å². The Hall–Kier alpha value is -2.43. The van der Waals surface area contributed by atoms with Gasteiger partial charge in [0.2, 0.25) is 15.9 Å². The number of nitrogens with zero attached hydrogens (tertiary/aromatic N) is 2. The summed E-state index contributed by atoms with van der Waals surface area (Å²) in [6, 6.07) is 11.4. The number of rotatable bonds is 5. The SMILES string of the molecule is C[C@H]1CCN(S(=O)(=O)c2cc(NC(=O)Cn3c(=O)oc4ccccc43)ccc2Br)C1. The minimum Gasteiger partial charge on any atom is -0.408 e. The Labute approximate surface area is 181 Å². The number of hydrogen-bond donors (Lipinski definition) is 1. The van der Waals surface area contributed by atoms with Crippen LogP contribution < -0.4 is 11.1 Å². The maximum absolute atomic E-state index is 13.0. The van der Waals surface area contributed by atoms with Crippen LogP contribution in [0.25, 0.3) is 11.1 Å². The van der Waals surface area contributed by atoms with E-state index in [4.69, 9.17) is 4.42 Å². The molecule has 1 fully saturated rings. The molecule has 1 N–H and O–H groups in total. The quantitative estimate of drug-likeness (QED) is 0.588. The summed E-state index contributed by atoms with van der Waals surface area (Å²) in [5, 5.41) is 2.67. The molecule has 0 saturated carbocycles. The maximum Gasteiger partial charge on any atom is 0.420 e. The number of carbonyl (C=O) groups excluding carboxylic acids is 1. The van der Waals surface area contributed by atoms with Crippen LogP contribution >= 0.6 is 15.9 Å². The highest BCUT2D eigenvalue weighted by molar-refractivity contribution is 9.10. The molecule has 0 bridgehead atoms. The summed E-state index contributed by atoms with van der Waals surface area (Å²) >= 11 is 3.30.